The van der Waals surface area contributed by atoms with Crippen LogP contribution < -0.4 is 10.1 Å². The Balaban J connectivity index is 0.00000363. The summed E-state index contributed by atoms with van der Waals surface area (Å²) in [6.45, 7) is 9.35. The van der Waals surface area contributed by atoms with E-state index in [4.69, 9.17) is 14.5 Å². The third kappa shape index (κ3) is 8.55. The molecule has 1 N–H and O–H groups in total. The van der Waals surface area contributed by atoms with Crippen LogP contribution >= 0.6 is 24.0 Å². The molecule has 32 heavy (non-hydrogen) atoms. The van der Waals surface area contributed by atoms with Crippen LogP contribution in [0.4, 0.5) is 0 Å². The van der Waals surface area contributed by atoms with Gasteiger partial charge in [-0.3, -0.25) is 4.90 Å². The number of aromatic nitrogens is 3. The van der Waals surface area contributed by atoms with E-state index >= 15 is 0 Å². The molecule has 0 saturated carbocycles. The molecule has 0 amide bonds. The van der Waals surface area contributed by atoms with Gasteiger partial charge < -0.3 is 24.3 Å². The van der Waals surface area contributed by atoms with Gasteiger partial charge in [-0.1, -0.05) is 18.2 Å². The second-order valence-electron chi connectivity index (χ2n) is 7.68. The van der Waals surface area contributed by atoms with Gasteiger partial charge in [-0.15, -0.1) is 34.2 Å². The summed E-state index contributed by atoms with van der Waals surface area (Å²) in [5.74, 6) is 3.45. The highest BCUT2D eigenvalue weighted by atomic mass is 127. The molecule has 2 heterocycles. The first-order chi connectivity index (χ1) is 15.1. The van der Waals surface area contributed by atoms with Crippen molar-refractivity contribution in [2.75, 3.05) is 59.6 Å². The van der Waals surface area contributed by atoms with Crippen LogP contribution in [0.25, 0.3) is 0 Å². The molecule has 10 heteroatoms. The maximum atomic E-state index is 5.85. The monoisotopic (exact) mass is 557 g/mol. The van der Waals surface area contributed by atoms with Crippen molar-refractivity contribution in [1.29, 1.82) is 0 Å². The number of aliphatic imine (C=N–C) groups is 1. The van der Waals surface area contributed by atoms with Crippen LogP contribution in [0.5, 0.6) is 5.75 Å². The molecule has 0 spiro atoms. The van der Waals surface area contributed by atoms with E-state index in [1.165, 1.54) is 0 Å². The van der Waals surface area contributed by atoms with Crippen LogP contribution in [0.2, 0.25) is 0 Å². The lowest BCUT2D eigenvalue weighted by Crippen LogP contribution is -2.42. The zero-order valence-electron chi connectivity index (χ0n) is 19.4. The van der Waals surface area contributed by atoms with Gasteiger partial charge in [0.2, 0.25) is 0 Å². The summed E-state index contributed by atoms with van der Waals surface area (Å²) in [7, 11) is 4.00. The molecule has 2 aromatic rings. The third-order valence-electron chi connectivity index (χ3n) is 5.39. The normalized spacial score (nSPS) is 14.7. The molecule has 1 aromatic carbocycles. The molecule has 3 rings (SSSR count). The molecule has 1 aliphatic heterocycles. The first-order valence-corrected chi connectivity index (χ1v) is 11.0. The van der Waals surface area contributed by atoms with Crippen molar-refractivity contribution in [1.82, 2.24) is 29.9 Å². The minimum absolute atomic E-state index is 0. The van der Waals surface area contributed by atoms with Gasteiger partial charge in [-0.25, -0.2) is 4.99 Å². The number of nitrogens with zero attached hydrogens (tertiary/aromatic N) is 6. The Morgan fingerprint density at radius 2 is 1.97 bits per heavy atom. The fourth-order valence-electron chi connectivity index (χ4n) is 3.30. The van der Waals surface area contributed by atoms with Crippen molar-refractivity contribution in [3.63, 3.8) is 0 Å². The van der Waals surface area contributed by atoms with E-state index in [2.05, 4.69) is 25.3 Å². The van der Waals surface area contributed by atoms with Crippen molar-refractivity contribution in [2.45, 2.75) is 19.9 Å². The predicted molar refractivity (Wildman–Crippen MR) is 137 cm³/mol. The number of guanidine groups is 1. The van der Waals surface area contributed by atoms with Crippen LogP contribution in [0, 0.1) is 6.92 Å². The summed E-state index contributed by atoms with van der Waals surface area (Å²) in [6, 6.07) is 9.87. The van der Waals surface area contributed by atoms with Crippen molar-refractivity contribution in [3.8, 4) is 5.75 Å². The first kappa shape index (κ1) is 26.3. The van der Waals surface area contributed by atoms with Gasteiger partial charge in [0.15, 0.2) is 11.8 Å². The van der Waals surface area contributed by atoms with Gasteiger partial charge >= 0.3 is 0 Å². The van der Waals surface area contributed by atoms with Crippen LogP contribution in [-0.4, -0.2) is 90.1 Å². The number of hydrogen-bond acceptors (Lipinski definition) is 6. The highest BCUT2D eigenvalue weighted by Crippen LogP contribution is 2.08. The lowest BCUT2D eigenvalue weighted by atomic mass is 10.3. The molecular weight excluding hydrogens is 521 g/mol. The Labute approximate surface area is 208 Å². The number of nitrogens with one attached hydrogen (secondary N) is 1. The molecule has 0 atom stereocenters. The fourth-order valence-corrected chi connectivity index (χ4v) is 3.30. The third-order valence-corrected chi connectivity index (χ3v) is 5.39. The van der Waals surface area contributed by atoms with E-state index in [0.29, 0.717) is 13.2 Å². The molecule has 0 radical (unpaired) electrons. The SMILES string of the molecule is Cc1nnc(CN=C(NCCCN2CCOCC2)N(C)CCOc2ccccc2)n1C.I. The molecule has 178 valence electrons. The Kier molecular flexibility index (Phi) is 11.7. The average molecular weight is 557 g/mol. The van der Waals surface area contributed by atoms with Crippen molar-refractivity contribution >= 4 is 29.9 Å². The summed E-state index contributed by atoms with van der Waals surface area (Å²) < 4.78 is 13.2. The Morgan fingerprint density at radius 1 is 1.22 bits per heavy atom. The van der Waals surface area contributed by atoms with Gasteiger partial charge in [0.05, 0.1) is 19.8 Å². The Bertz CT molecular complexity index is 810. The summed E-state index contributed by atoms with van der Waals surface area (Å²) in [5.41, 5.74) is 0. The largest absolute Gasteiger partial charge is 0.492 e. The maximum absolute atomic E-state index is 5.85. The Morgan fingerprint density at radius 3 is 2.66 bits per heavy atom. The van der Waals surface area contributed by atoms with Crippen LogP contribution in [0.3, 0.4) is 0 Å². The minimum atomic E-state index is 0. The average Bonchev–Trinajstić information content (AvgIpc) is 3.12. The van der Waals surface area contributed by atoms with Crippen molar-refractivity contribution in [3.05, 3.63) is 42.0 Å². The number of benzene rings is 1. The minimum Gasteiger partial charge on any atom is -0.492 e. The zero-order valence-corrected chi connectivity index (χ0v) is 21.7. The number of hydrogen-bond donors (Lipinski definition) is 1. The lowest BCUT2D eigenvalue weighted by Gasteiger charge is -2.27. The van der Waals surface area contributed by atoms with Gasteiger partial charge in [0.1, 0.15) is 24.7 Å². The highest BCUT2D eigenvalue weighted by molar-refractivity contribution is 14.0. The molecule has 0 aliphatic carbocycles. The number of morpholine rings is 1. The first-order valence-electron chi connectivity index (χ1n) is 11.0. The van der Waals surface area contributed by atoms with E-state index in [0.717, 1.165) is 75.7 Å². The molecule has 1 aliphatic rings. The summed E-state index contributed by atoms with van der Waals surface area (Å²) in [6.07, 6.45) is 1.05. The topological polar surface area (TPSA) is 80.0 Å². The molecule has 0 bridgehead atoms. The van der Waals surface area contributed by atoms with E-state index < -0.39 is 0 Å². The fraction of sp³-hybridized carbons (Fsp3) is 0.591. The zero-order chi connectivity index (χ0) is 21.9. The number of rotatable bonds is 10. The van der Waals surface area contributed by atoms with E-state index in [-0.39, 0.29) is 24.0 Å². The molecule has 1 aromatic heterocycles. The number of para-hydroxylation sites is 1. The molecule has 1 saturated heterocycles. The van der Waals surface area contributed by atoms with Crippen LogP contribution in [0.1, 0.15) is 18.1 Å². The predicted octanol–water partition coefficient (Wildman–Crippen LogP) is 1.92. The number of likely N-dealkylation sites (N-methyl/N-ethyl adjacent to an activating group) is 1. The highest BCUT2D eigenvalue weighted by Gasteiger charge is 2.11. The Hall–Kier alpha value is -1.92. The number of aryl methyl sites for hydroxylation is 1. The van der Waals surface area contributed by atoms with Gasteiger partial charge in [0.25, 0.3) is 0 Å². The van der Waals surface area contributed by atoms with E-state index in [1.54, 1.807) is 0 Å². The molecule has 1 fully saturated rings. The standard InChI is InChI=1S/C22H35N7O2.HI/c1-19-25-26-21(28(19)3)18-24-22(23-10-7-11-29-13-15-30-16-14-29)27(2)12-17-31-20-8-5-4-6-9-20;/h4-6,8-9H,7,10-18H2,1-3H3,(H,23,24);1H. The molecule has 9 nitrogen and oxygen atoms in total. The van der Waals surface area contributed by atoms with E-state index in [1.807, 2.05) is 55.9 Å². The lowest BCUT2D eigenvalue weighted by molar-refractivity contribution is 0.0375. The molecule has 0 unspecified atom stereocenters. The maximum Gasteiger partial charge on any atom is 0.194 e. The second-order valence-corrected chi connectivity index (χ2v) is 7.68. The summed E-state index contributed by atoms with van der Waals surface area (Å²) in [4.78, 5) is 9.34. The quantitative estimate of drug-likeness (QED) is 0.207. The van der Waals surface area contributed by atoms with Gasteiger partial charge in [-0.2, -0.15) is 0 Å². The summed E-state index contributed by atoms with van der Waals surface area (Å²) >= 11 is 0. The van der Waals surface area contributed by atoms with Crippen molar-refractivity contribution in [2.24, 2.45) is 12.0 Å². The van der Waals surface area contributed by atoms with Crippen LogP contribution in [-0.2, 0) is 18.3 Å². The van der Waals surface area contributed by atoms with Crippen molar-refractivity contribution < 1.29 is 9.47 Å². The molecular formula is C22H36IN7O2. The smallest absolute Gasteiger partial charge is 0.194 e. The second kappa shape index (κ2) is 14.3. The van der Waals surface area contributed by atoms with Gasteiger partial charge in [0, 0.05) is 33.7 Å². The number of ether oxygens (including phenoxy) is 2. The summed E-state index contributed by atoms with van der Waals surface area (Å²) in [5, 5.41) is 11.9. The van der Waals surface area contributed by atoms with Gasteiger partial charge in [-0.05, 0) is 32.0 Å². The van der Waals surface area contributed by atoms with E-state index in [9.17, 15) is 0 Å². The van der Waals surface area contributed by atoms with Crippen LogP contribution in [0.15, 0.2) is 35.3 Å². The number of halogens is 1.